The third-order valence-corrected chi connectivity index (χ3v) is 4.02. The number of aliphatic carboxylic acids is 2. The van der Waals surface area contributed by atoms with E-state index in [2.05, 4.69) is 5.10 Å². The maximum Gasteiger partial charge on any atom is 0.311 e. The minimum atomic E-state index is -1.05. The first-order chi connectivity index (χ1) is 10.4. The lowest BCUT2D eigenvalue weighted by Crippen LogP contribution is -2.32. The smallest absolute Gasteiger partial charge is 0.311 e. The Hall–Kier alpha value is -2.70. The summed E-state index contributed by atoms with van der Waals surface area (Å²) in [4.78, 5) is 34.7. The highest BCUT2D eigenvalue weighted by Gasteiger charge is 2.51. The minimum Gasteiger partial charge on any atom is -0.481 e. The quantitative estimate of drug-likeness (QED) is 0.848. The molecule has 0 spiro atoms. The first-order valence-electron chi connectivity index (χ1n) is 6.87. The van der Waals surface area contributed by atoms with Gasteiger partial charge in [0.25, 0.3) is 5.56 Å². The molecule has 0 saturated heterocycles. The predicted molar refractivity (Wildman–Crippen MR) is 76.6 cm³/mol. The fourth-order valence-corrected chi connectivity index (χ4v) is 2.56. The number of hydrogen-bond acceptors (Lipinski definition) is 4. The van der Waals surface area contributed by atoms with Gasteiger partial charge in [-0.1, -0.05) is 18.2 Å². The Bertz CT molecular complexity index is 835. The molecule has 0 atom stereocenters. The molecule has 0 bridgehead atoms. The van der Waals surface area contributed by atoms with Crippen LogP contribution in [0.25, 0.3) is 10.8 Å². The Kier molecular flexibility index (Phi) is 3.20. The molecule has 1 fully saturated rings. The van der Waals surface area contributed by atoms with Crippen LogP contribution >= 0.6 is 0 Å². The SMILES string of the molecule is O=C(O)Cc1nn(CC2(C(=O)O)CC2)c(=O)c2ccccc12. The van der Waals surface area contributed by atoms with Crippen molar-refractivity contribution in [2.75, 3.05) is 0 Å². The van der Waals surface area contributed by atoms with Crippen LogP contribution in [0.3, 0.4) is 0 Å². The molecule has 114 valence electrons. The van der Waals surface area contributed by atoms with Gasteiger partial charge in [-0.05, 0) is 18.9 Å². The van der Waals surface area contributed by atoms with Crippen molar-refractivity contribution in [3.05, 3.63) is 40.3 Å². The van der Waals surface area contributed by atoms with E-state index in [0.717, 1.165) is 4.68 Å². The van der Waals surface area contributed by atoms with E-state index in [4.69, 9.17) is 5.11 Å². The zero-order valence-electron chi connectivity index (χ0n) is 11.7. The van der Waals surface area contributed by atoms with E-state index >= 15 is 0 Å². The van der Waals surface area contributed by atoms with Crippen LogP contribution in [-0.2, 0) is 22.6 Å². The molecule has 1 aromatic carbocycles. The summed E-state index contributed by atoms with van der Waals surface area (Å²) in [5.41, 5.74) is -1.07. The van der Waals surface area contributed by atoms with Crippen molar-refractivity contribution in [1.82, 2.24) is 9.78 Å². The summed E-state index contributed by atoms with van der Waals surface area (Å²) in [6.07, 6.45) is 0.677. The highest BCUT2D eigenvalue weighted by Crippen LogP contribution is 2.47. The summed E-state index contributed by atoms with van der Waals surface area (Å²) in [5, 5.41) is 23.2. The number of carboxylic acids is 2. The second-order valence-electron chi connectivity index (χ2n) is 5.61. The molecule has 22 heavy (non-hydrogen) atoms. The van der Waals surface area contributed by atoms with Crippen LogP contribution in [0.5, 0.6) is 0 Å². The molecule has 0 amide bonds. The number of carbonyl (C=O) groups is 2. The fourth-order valence-electron chi connectivity index (χ4n) is 2.56. The molecule has 2 N–H and O–H groups in total. The molecule has 3 rings (SSSR count). The van der Waals surface area contributed by atoms with Crippen molar-refractivity contribution in [3.8, 4) is 0 Å². The summed E-state index contributed by atoms with van der Waals surface area (Å²) in [6, 6.07) is 6.64. The van der Waals surface area contributed by atoms with Gasteiger partial charge in [-0.3, -0.25) is 14.4 Å². The third kappa shape index (κ3) is 2.34. The summed E-state index contributed by atoms with van der Waals surface area (Å²) < 4.78 is 1.10. The lowest BCUT2D eigenvalue weighted by molar-refractivity contribution is -0.144. The van der Waals surface area contributed by atoms with Gasteiger partial charge in [-0.2, -0.15) is 5.10 Å². The van der Waals surface area contributed by atoms with Gasteiger partial charge in [0.2, 0.25) is 0 Å². The molecule has 1 saturated carbocycles. The van der Waals surface area contributed by atoms with Gasteiger partial charge in [0.05, 0.1) is 29.5 Å². The molecule has 1 aliphatic carbocycles. The molecular formula is C15H14N2O5. The number of rotatable bonds is 5. The maximum atomic E-state index is 12.5. The third-order valence-electron chi connectivity index (χ3n) is 4.02. The van der Waals surface area contributed by atoms with Gasteiger partial charge in [0.15, 0.2) is 0 Å². The Balaban J connectivity index is 2.14. The average Bonchev–Trinajstić information content (AvgIpc) is 3.24. The second-order valence-corrected chi connectivity index (χ2v) is 5.61. The summed E-state index contributed by atoms with van der Waals surface area (Å²) in [5.74, 6) is -2.00. The van der Waals surface area contributed by atoms with Crippen LogP contribution in [0.4, 0.5) is 0 Å². The molecule has 0 unspecified atom stereocenters. The summed E-state index contributed by atoms with van der Waals surface area (Å²) in [7, 11) is 0. The number of carboxylic acid groups (broad SMARTS) is 2. The van der Waals surface area contributed by atoms with Gasteiger partial charge in [0.1, 0.15) is 0 Å². The van der Waals surface area contributed by atoms with E-state index in [1.807, 2.05) is 0 Å². The normalized spacial score (nSPS) is 15.6. The number of hydrogen-bond donors (Lipinski definition) is 2. The highest BCUT2D eigenvalue weighted by molar-refractivity contribution is 5.86. The number of aromatic nitrogens is 2. The van der Waals surface area contributed by atoms with E-state index in [1.165, 1.54) is 0 Å². The van der Waals surface area contributed by atoms with Gasteiger partial charge in [-0.25, -0.2) is 4.68 Å². The van der Waals surface area contributed by atoms with Crippen molar-refractivity contribution in [2.45, 2.75) is 25.8 Å². The lowest BCUT2D eigenvalue weighted by atomic mass is 10.1. The van der Waals surface area contributed by atoms with E-state index in [9.17, 15) is 19.5 Å². The lowest BCUT2D eigenvalue weighted by Gasteiger charge is -2.13. The van der Waals surface area contributed by atoms with Crippen LogP contribution in [0, 0.1) is 5.41 Å². The molecule has 2 aromatic rings. The Morgan fingerprint density at radius 3 is 2.36 bits per heavy atom. The first-order valence-corrected chi connectivity index (χ1v) is 6.87. The Morgan fingerprint density at radius 2 is 1.82 bits per heavy atom. The monoisotopic (exact) mass is 302 g/mol. The van der Waals surface area contributed by atoms with Gasteiger partial charge < -0.3 is 10.2 Å². The standard InChI is InChI=1S/C15H14N2O5/c18-12(19)7-11-9-3-1-2-4-10(9)13(20)17(16-11)8-15(5-6-15)14(21)22/h1-4H,5-8H2,(H,18,19)(H,21,22). The van der Waals surface area contributed by atoms with Crippen molar-refractivity contribution in [1.29, 1.82) is 0 Å². The van der Waals surface area contributed by atoms with Crippen LogP contribution < -0.4 is 5.56 Å². The number of nitrogens with zero attached hydrogens (tertiary/aromatic N) is 2. The molecule has 0 aliphatic heterocycles. The largest absolute Gasteiger partial charge is 0.481 e. The number of benzene rings is 1. The predicted octanol–water partition coefficient (Wildman–Crippen LogP) is 0.888. The molecular weight excluding hydrogens is 288 g/mol. The first kappa shape index (κ1) is 14.2. The molecule has 7 heteroatoms. The van der Waals surface area contributed by atoms with Crippen LogP contribution in [0.2, 0.25) is 0 Å². The van der Waals surface area contributed by atoms with Crippen LogP contribution in [-0.4, -0.2) is 31.9 Å². The Labute approximate surface area is 124 Å². The molecule has 1 heterocycles. The van der Waals surface area contributed by atoms with Crippen molar-refractivity contribution in [3.63, 3.8) is 0 Å². The average molecular weight is 302 g/mol. The zero-order chi connectivity index (χ0) is 15.9. The van der Waals surface area contributed by atoms with Gasteiger partial charge in [0, 0.05) is 5.39 Å². The fraction of sp³-hybridized carbons (Fsp3) is 0.333. The molecule has 1 aromatic heterocycles. The van der Waals surface area contributed by atoms with E-state index in [1.54, 1.807) is 24.3 Å². The molecule has 1 aliphatic rings. The van der Waals surface area contributed by atoms with Crippen molar-refractivity contribution in [2.24, 2.45) is 5.41 Å². The Morgan fingerprint density at radius 1 is 1.18 bits per heavy atom. The summed E-state index contributed by atoms with van der Waals surface area (Å²) >= 11 is 0. The minimum absolute atomic E-state index is 0.0291. The molecule has 7 nitrogen and oxygen atoms in total. The van der Waals surface area contributed by atoms with Gasteiger partial charge in [-0.15, -0.1) is 0 Å². The number of fused-ring (bicyclic) bond motifs is 1. The van der Waals surface area contributed by atoms with Crippen LogP contribution in [0.1, 0.15) is 18.5 Å². The van der Waals surface area contributed by atoms with Crippen LogP contribution in [0.15, 0.2) is 29.1 Å². The van der Waals surface area contributed by atoms with E-state index in [-0.39, 0.29) is 18.7 Å². The van der Waals surface area contributed by atoms with Crippen molar-refractivity contribution >= 4 is 22.7 Å². The van der Waals surface area contributed by atoms with E-state index in [0.29, 0.717) is 23.6 Å². The maximum absolute atomic E-state index is 12.5. The van der Waals surface area contributed by atoms with E-state index < -0.39 is 22.9 Å². The van der Waals surface area contributed by atoms with Crippen molar-refractivity contribution < 1.29 is 19.8 Å². The topological polar surface area (TPSA) is 109 Å². The molecule has 0 radical (unpaired) electrons. The second kappa shape index (κ2) is 4.94. The van der Waals surface area contributed by atoms with Gasteiger partial charge >= 0.3 is 11.9 Å². The zero-order valence-corrected chi connectivity index (χ0v) is 11.7. The highest BCUT2D eigenvalue weighted by atomic mass is 16.4. The summed E-state index contributed by atoms with van der Waals surface area (Å²) in [6.45, 7) is -0.0291.